The van der Waals surface area contributed by atoms with Crippen LogP contribution in [-0.2, 0) is 16.1 Å². The summed E-state index contributed by atoms with van der Waals surface area (Å²) in [5.41, 5.74) is 5.10. The van der Waals surface area contributed by atoms with E-state index in [9.17, 15) is 9.59 Å². The van der Waals surface area contributed by atoms with Gasteiger partial charge in [0.15, 0.2) is 6.04 Å². The van der Waals surface area contributed by atoms with Gasteiger partial charge < -0.3 is 9.64 Å². The van der Waals surface area contributed by atoms with Crippen LogP contribution >= 0.6 is 0 Å². The molecule has 0 aromatic heterocycles. The van der Waals surface area contributed by atoms with E-state index in [2.05, 4.69) is 15.5 Å². The minimum Gasteiger partial charge on any atom is -0.468 e. The van der Waals surface area contributed by atoms with Crippen molar-refractivity contribution in [2.75, 3.05) is 21.2 Å². The molecule has 0 radical (unpaired) electrons. The lowest BCUT2D eigenvalue weighted by molar-refractivity contribution is -0.155. The number of hydrazine groups is 1. The molecule has 0 bridgehead atoms. The Balaban J connectivity index is 1.82. The van der Waals surface area contributed by atoms with E-state index in [1.54, 1.807) is 30.4 Å². The van der Waals surface area contributed by atoms with E-state index in [1.165, 1.54) is 24.2 Å². The summed E-state index contributed by atoms with van der Waals surface area (Å²) in [4.78, 5) is 35.1. The maximum absolute atomic E-state index is 13.3. The molecule has 0 aliphatic carbocycles. The number of nitrogens with zero attached hydrogens (tertiary/aromatic N) is 6. The summed E-state index contributed by atoms with van der Waals surface area (Å²) in [7, 11) is 4.56. The number of ether oxygens (including phenoxy) is 1. The molecule has 2 unspecified atom stereocenters. The largest absolute Gasteiger partial charge is 0.468 e. The Kier molecular flexibility index (Phi) is 4.40. The van der Waals surface area contributed by atoms with Crippen molar-refractivity contribution in [3.63, 3.8) is 0 Å². The molecule has 4 rings (SSSR count). The number of hydrazone groups is 1. The minimum absolute atomic E-state index is 0.255. The van der Waals surface area contributed by atoms with Crippen LogP contribution < -0.4 is 5.43 Å². The third-order valence-corrected chi connectivity index (χ3v) is 5.35. The Hall–Kier alpha value is -3.56. The van der Waals surface area contributed by atoms with Crippen LogP contribution in [0.4, 0.5) is 4.79 Å². The molecular weight excluding hydrogens is 374 g/mol. The van der Waals surface area contributed by atoms with E-state index in [1.807, 2.05) is 31.2 Å². The number of amides is 3. The highest BCUT2D eigenvalue weighted by atomic mass is 16.5. The molecule has 10 heteroatoms. The smallest absolute Gasteiger partial charge is 0.329 e. The Bertz CT molecular complexity index is 926. The number of nitrogens with one attached hydrogen (secondary N) is 1. The molecule has 1 aromatic rings. The van der Waals surface area contributed by atoms with Crippen molar-refractivity contribution in [3.8, 4) is 0 Å². The number of aliphatic imine (C=N–C) groups is 1. The van der Waals surface area contributed by atoms with Gasteiger partial charge in [-0.15, -0.1) is 0 Å². The van der Waals surface area contributed by atoms with E-state index >= 15 is 0 Å². The zero-order valence-electron chi connectivity index (χ0n) is 16.7. The van der Waals surface area contributed by atoms with Crippen LogP contribution in [0.15, 0.2) is 46.6 Å². The quantitative estimate of drug-likeness (QED) is 0.806. The highest BCUT2D eigenvalue weighted by molar-refractivity contribution is 6.03. The summed E-state index contributed by atoms with van der Waals surface area (Å²) in [6.07, 6.45) is 4.93. The Labute approximate surface area is 168 Å². The number of hydrogen-bond acceptors (Lipinski definition) is 8. The number of likely N-dealkylation sites (N-methyl/N-ethyl adjacent to an activating group) is 2. The summed E-state index contributed by atoms with van der Waals surface area (Å²) in [5.74, 6) is -1.82. The summed E-state index contributed by atoms with van der Waals surface area (Å²) < 4.78 is 5.54. The molecule has 1 fully saturated rings. The first-order valence-electron chi connectivity index (χ1n) is 9.17. The summed E-state index contributed by atoms with van der Waals surface area (Å²) in [5, 5.41) is 5.72. The molecule has 1 saturated heterocycles. The lowest BCUT2D eigenvalue weighted by Gasteiger charge is -2.50. The van der Waals surface area contributed by atoms with Crippen molar-refractivity contribution in [2.24, 2.45) is 10.1 Å². The predicted molar refractivity (Wildman–Crippen MR) is 106 cm³/mol. The second-order valence-electron chi connectivity index (χ2n) is 7.11. The van der Waals surface area contributed by atoms with Gasteiger partial charge >= 0.3 is 6.03 Å². The molecular formula is C19H23N7O3. The molecule has 29 heavy (non-hydrogen) atoms. The van der Waals surface area contributed by atoms with Crippen LogP contribution in [0, 0.1) is 6.92 Å². The summed E-state index contributed by atoms with van der Waals surface area (Å²) in [6, 6.07) is 6.92. The summed E-state index contributed by atoms with van der Waals surface area (Å²) in [6.45, 7) is 2.40. The third kappa shape index (κ3) is 2.71. The highest BCUT2D eigenvalue weighted by Gasteiger charge is 2.66. The van der Waals surface area contributed by atoms with Gasteiger partial charge in [-0.3, -0.25) is 20.0 Å². The highest BCUT2D eigenvalue weighted by Crippen LogP contribution is 2.40. The van der Waals surface area contributed by atoms with Gasteiger partial charge in [0.1, 0.15) is 0 Å². The number of fused-ring (bicyclic) bond motifs is 1. The van der Waals surface area contributed by atoms with Crippen molar-refractivity contribution in [3.05, 3.63) is 47.7 Å². The van der Waals surface area contributed by atoms with Crippen LogP contribution in [0.1, 0.15) is 11.1 Å². The zero-order valence-corrected chi connectivity index (χ0v) is 16.7. The van der Waals surface area contributed by atoms with E-state index in [0.717, 1.165) is 16.0 Å². The Morgan fingerprint density at radius 3 is 2.55 bits per heavy atom. The number of benzene rings is 1. The van der Waals surface area contributed by atoms with E-state index in [4.69, 9.17) is 4.74 Å². The molecule has 3 aliphatic heterocycles. The third-order valence-electron chi connectivity index (χ3n) is 5.35. The molecule has 3 amide bonds. The van der Waals surface area contributed by atoms with Gasteiger partial charge in [0, 0.05) is 26.8 Å². The summed E-state index contributed by atoms with van der Waals surface area (Å²) >= 11 is 0. The first-order valence-corrected chi connectivity index (χ1v) is 9.17. The van der Waals surface area contributed by atoms with Crippen molar-refractivity contribution in [1.82, 2.24) is 25.2 Å². The van der Waals surface area contributed by atoms with Crippen LogP contribution in [0.25, 0.3) is 0 Å². The molecule has 3 heterocycles. The Morgan fingerprint density at radius 2 is 1.93 bits per heavy atom. The van der Waals surface area contributed by atoms with E-state index < -0.39 is 17.9 Å². The number of carbonyl (C=O) groups excluding carboxylic acids is 2. The molecule has 10 nitrogen and oxygen atoms in total. The molecule has 0 spiro atoms. The number of imide groups is 1. The van der Waals surface area contributed by atoms with Gasteiger partial charge in [0.2, 0.25) is 0 Å². The predicted octanol–water partition coefficient (Wildman–Crippen LogP) is 0.679. The van der Waals surface area contributed by atoms with Gasteiger partial charge in [-0.05, 0) is 18.6 Å². The van der Waals surface area contributed by atoms with Gasteiger partial charge in [-0.2, -0.15) is 15.2 Å². The number of carbonyl (C=O) groups is 2. The first kappa shape index (κ1) is 18.8. The van der Waals surface area contributed by atoms with E-state index in [-0.39, 0.29) is 11.9 Å². The molecule has 0 saturated carbocycles. The average molecular weight is 397 g/mol. The Morgan fingerprint density at radius 1 is 1.21 bits per heavy atom. The lowest BCUT2D eigenvalue weighted by atomic mass is 10.0. The fraction of sp³-hybridized carbons (Fsp3) is 0.368. The second kappa shape index (κ2) is 6.80. The van der Waals surface area contributed by atoms with Crippen molar-refractivity contribution >= 4 is 24.2 Å². The molecule has 152 valence electrons. The number of methoxy groups -OCH3 is 1. The van der Waals surface area contributed by atoms with Gasteiger partial charge in [0.25, 0.3) is 17.7 Å². The van der Waals surface area contributed by atoms with Crippen LogP contribution in [0.5, 0.6) is 0 Å². The second-order valence-corrected chi connectivity index (χ2v) is 7.11. The van der Waals surface area contributed by atoms with Gasteiger partial charge in [-0.1, -0.05) is 29.8 Å². The maximum atomic E-state index is 13.3. The number of amidine groups is 1. The molecule has 1 N–H and O–H groups in total. The number of urea groups is 1. The van der Waals surface area contributed by atoms with Crippen LogP contribution in [-0.4, -0.2) is 77.0 Å². The topological polar surface area (TPSA) is 93.1 Å². The number of rotatable bonds is 3. The van der Waals surface area contributed by atoms with Crippen LogP contribution in [0.2, 0.25) is 0 Å². The molecule has 2 atom stereocenters. The van der Waals surface area contributed by atoms with Crippen molar-refractivity contribution in [2.45, 2.75) is 25.3 Å². The maximum Gasteiger partial charge on any atom is 0.329 e. The fourth-order valence-corrected chi connectivity index (χ4v) is 3.78. The van der Waals surface area contributed by atoms with Crippen molar-refractivity contribution in [1.29, 1.82) is 0 Å². The number of aryl methyl sites for hydroxylation is 1. The number of allylic oxidation sites excluding steroid dienone is 1. The zero-order chi connectivity index (χ0) is 20.8. The fourth-order valence-electron chi connectivity index (χ4n) is 3.78. The molecule has 1 aromatic carbocycles. The van der Waals surface area contributed by atoms with Gasteiger partial charge in [0.05, 0.1) is 13.3 Å². The van der Waals surface area contributed by atoms with Crippen molar-refractivity contribution < 1.29 is 14.3 Å². The average Bonchev–Trinajstić information content (AvgIpc) is 3.08. The normalized spacial score (nSPS) is 25.9. The van der Waals surface area contributed by atoms with Gasteiger partial charge in [-0.25, -0.2) is 4.79 Å². The van der Waals surface area contributed by atoms with E-state index in [0.29, 0.717) is 6.54 Å². The first-order chi connectivity index (χ1) is 13.9. The SMILES string of the molecule is COC1=NC2(N3N=CC=CN3)C(C(=O)N(C)C(=O)N2C)N1Cc1ccc(C)cc1. The molecule has 3 aliphatic rings. The minimum atomic E-state index is -1.43. The van der Waals surface area contributed by atoms with Crippen LogP contribution in [0.3, 0.4) is 0 Å². The lowest BCUT2D eigenvalue weighted by Crippen LogP contribution is -2.76. The standard InChI is InChI=1S/C19H23N7O3/c1-13-6-8-14(9-7-13)12-25-15-16(27)23(2)18(28)24(3)19(15,22-17(25)29-4)26-20-10-5-11-21-26/h5-11,15,20H,12H2,1-4H3. The monoisotopic (exact) mass is 397 g/mol. The number of hydrogen-bond donors (Lipinski definition) is 1.